The first-order valence-electron chi connectivity index (χ1n) is 6.89. The smallest absolute Gasteiger partial charge is 0.152 e. The van der Waals surface area contributed by atoms with E-state index in [1.165, 1.54) is 5.56 Å². The summed E-state index contributed by atoms with van der Waals surface area (Å²) in [6.07, 6.45) is 1.03. The topological polar surface area (TPSA) is 52.0 Å². The molecule has 0 spiro atoms. The fourth-order valence-electron chi connectivity index (χ4n) is 2.32. The Labute approximate surface area is 118 Å². The van der Waals surface area contributed by atoms with Gasteiger partial charge < -0.3 is 10.2 Å². The Bertz CT molecular complexity index is 728. The van der Waals surface area contributed by atoms with Crippen LogP contribution >= 0.6 is 0 Å². The summed E-state index contributed by atoms with van der Waals surface area (Å²) < 4.78 is 5.81. The van der Waals surface area contributed by atoms with Crippen molar-refractivity contribution < 1.29 is 4.42 Å². The highest BCUT2D eigenvalue weighted by Crippen LogP contribution is 2.26. The van der Waals surface area contributed by atoms with E-state index in [0.29, 0.717) is 0 Å². The van der Waals surface area contributed by atoms with Gasteiger partial charge in [-0.2, -0.15) is 0 Å². The maximum Gasteiger partial charge on any atom is 0.152 e. The Hall–Kier alpha value is -2.13. The van der Waals surface area contributed by atoms with Crippen LogP contribution in [0.4, 0.5) is 0 Å². The van der Waals surface area contributed by atoms with Crippen LogP contribution in [0.25, 0.3) is 11.1 Å². The minimum absolute atomic E-state index is 0.254. The van der Waals surface area contributed by atoms with E-state index in [-0.39, 0.29) is 6.04 Å². The summed E-state index contributed by atoms with van der Waals surface area (Å²) in [5.41, 5.74) is 11.3. The zero-order valence-electron chi connectivity index (χ0n) is 11.8. The van der Waals surface area contributed by atoms with Crippen molar-refractivity contribution in [2.45, 2.75) is 26.3 Å². The molecule has 0 fully saturated rings. The highest BCUT2D eigenvalue weighted by molar-refractivity contribution is 5.73. The van der Waals surface area contributed by atoms with Gasteiger partial charge in [0.25, 0.3) is 0 Å². The third kappa shape index (κ3) is 2.32. The Morgan fingerprint density at radius 3 is 2.60 bits per heavy atom. The second kappa shape index (κ2) is 5.10. The van der Waals surface area contributed by atoms with Crippen molar-refractivity contribution in [1.29, 1.82) is 0 Å². The zero-order chi connectivity index (χ0) is 14.1. The van der Waals surface area contributed by atoms with Crippen LogP contribution in [0.1, 0.15) is 35.5 Å². The van der Waals surface area contributed by atoms with Gasteiger partial charge in [-0.05, 0) is 36.6 Å². The second-order valence-electron chi connectivity index (χ2n) is 5.06. The lowest BCUT2D eigenvalue weighted by atomic mass is 10.0. The largest absolute Gasteiger partial charge is 0.457 e. The molecule has 102 valence electrons. The Morgan fingerprint density at radius 2 is 1.90 bits per heavy atom. The van der Waals surface area contributed by atoms with Gasteiger partial charge in [0.1, 0.15) is 11.3 Å². The molecular formula is C17H18N2O. The van der Waals surface area contributed by atoms with Crippen molar-refractivity contribution in [2.24, 2.45) is 5.73 Å². The second-order valence-corrected chi connectivity index (χ2v) is 5.06. The van der Waals surface area contributed by atoms with Crippen LogP contribution in [0, 0.1) is 6.92 Å². The fraction of sp³-hybridized carbons (Fsp3) is 0.235. The molecule has 0 aliphatic heterocycles. The summed E-state index contributed by atoms with van der Waals surface area (Å²) in [6, 6.07) is 13.9. The number of pyridine rings is 1. The maximum absolute atomic E-state index is 6.29. The van der Waals surface area contributed by atoms with Crippen molar-refractivity contribution in [3.05, 3.63) is 65.0 Å². The minimum atomic E-state index is -0.254. The number of hydrogen-bond acceptors (Lipinski definition) is 3. The van der Waals surface area contributed by atoms with Crippen LogP contribution in [0.5, 0.6) is 0 Å². The molecule has 0 radical (unpaired) electrons. The monoisotopic (exact) mass is 266 g/mol. The first kappa shape index (κ1) is 12.9. The summed E-state index contributed by atoms with van der Waals surface area (Å²) >= 11 is 0. The number of aryl methyl sites for hydroxylation is 2. The third-order valence-electron chi connectivity index (χ3n) is 3.59. The molecule has 1 aromatic carbocycles. The Balaban J connectivity index is 1.96. The molecule has 3 heteroatoms. The number of fused-ring (bicyclic) bond motifs is 1. The van der Waals surface area contributed by atoms with Gasteiger partial charge in [0, 0.05) is 11.8 Å². The van der Waals surface area contributed by atoms with E-state index in [4.69, 9.17) is 10.2 Å². The number of aromatic nitrogens is 1. The molecule has 0 aliphatic rings. The number of rotatable bonds is 3. The number of furan rings is 1. The third-order valence-corrected chi connectivity index (χ3v) is 3.59. The minimum Gasteiger partial charge on any atom is -0.457 e. The van der Waals surface area contributed by atoms with Crippen LogP contribution in [0.15, 0.2) is 46.9 Å². The van der Waals surface area contributed by atoms with E-state index >= 15 is 0 Å². The molecule has 0 saturated heterocycles. The average Bonchev–Trinajstić information content (AvgIpc) is 2.89. The lowest BCUT2D eigenvalue weighted by Crippen LogP contribution is -2.10. The first-order chi connectivity index (χ1) is 9.67. The maximum atomic E-state index is 6.29. The van der Waals surface area contributed by atoms with Crippen molar-refractivity contribution in [1.82, 2.24) is 4.98 Å². The molecule has 2 aromatic heterocycles. The number of nitrogens with two attached hydrogens (primary N) is 1. The molecule has 0 aliphatic carbocycles. The number of benzene rings is 1. The van der Waals surface area contributed by atoms with E-state index in [1.807, 2.05) is 25.1 Å². The quantitative estimate of drug-likeness (QED) is 0.785. The summed E-state index contributed by atoms with van der Waals surface area (Å²) in [7, 11) is 0. The molecule has 20 heavy (non-hydrogen) atoms. The summed E-state index contributed by atoms with van der Waals surface area (Å²) in [4.78, 5) is 4.45. The van der Waals surface area contributed by atoms with Crippen molar-refractivity contribution in [2.75, 3.05) is 0 Å². The lowest BCUT2D eigenvalue weighted by Gasteiger charge is -2.09. The molecule has 0 bridgehead atoms. The number of nitrogens with zero attached hydrogens (tertiary/aromatic N) is 1. The Morgan fingerprint density at radius 1 is 1.15 bits per heavy atom. The van der Waals surface area contributed by atoms with Crippen LogP contribution in [-0.2, 0) is 6.42 Å². The normalized spacial score (nSPS) is 12.8. The van der Waals surface area contributed by atoms with Gasteiger partial charge in [-0.3, -0.25) is 0 Å². The van der Waals surface area contributed by atoms with Crippen LogP contribution < -0.4 is 5.73 Å². The molecule has 3 aromatic rings. The highest BCUT2D eigenvalue weighted by Gasteiger charge is 2.14. The fourth-order valence-corrected chi connectivity index (χ4v) is 2.32. The molecule has 1 unspecified atom stereocenters. The van der Waals surface area contributed by atoms with E-state index in [1.54, 1.807) is 0 Å². The molecule has 0 saturated carbocycles. The van der Waals surface area contributed by atoms with Gasteiger partial charge in [0.2, 0.25) is 0 Å². The van der Waals surface area contributed by atoms with Crippen molar-refractivity contribution >= 4 is 11.1 Å². The van der Waals surface area contributed by atoms with Gasteiger partial charge in [-0.1, -0.05) is 31.2 Å². The van der Waals surface area contributed by atoms with Crippen molar-refractivity contribution in [3.8, 4) is 0 Å². The average molecular weight is 266 g/mol. The molecule has 2 heterocycles. The van der Waals surface area contributed by atoms with Crippen LogP contribution in [0.3, 0.4) is 0 Å². The molecular weight excluding hydrogens is 248 g/mol. The Kier molecular flexibility index (Phi) is 3.28. The van der Waals surface area contributed by atoms with Crippen molar-refractivity contribution in [3.63, 3.8) is 0 Å². The van der Waals surface area contributed by atoms with Gasteiger partial charge in [0.15, 0.2) is 5.58 Å². The van der Waals surface area contributed by atoms with Crippen LogP contribution in [0.2, 0.25) is 0 Å². The molecule has 0 amide bonds. The summed E-state index contributed by atoms with van der Waals surface area (Å²) in [6.45, 7) is 4.11. The van der Waals surface area contributed by atoms with Gasteiger partial charge in [-0.15, -0.1) is 0 Å². The van der Waals surface area contributed by atoms with Gasteiger partial charge in [0.05, 0.1) is 6.04 Å². The highest BCUT2D eigenvalue weighted by atomic mass is 16.3. The predicted octanol–water partition coefficient (Wildman–Crippen LogP) is 3.75. The zero-order valence-corrected chi connectivity index (χ0v) is 11.8. The molecule has 3 nitrogen and oxygen atoms in total. The number of hydrogen-bond donors (Lipinski definition) is 1. The van der Waals surface area contributed by atoms with Crippen LogP contribution in [-0.4, -0.2) is 4.98 Å². The lowest BCUT2D eigenvalue weighted by molar-refractivity contribution is 0.525. The predicted molar refractivity (Wildman–Crippen MR) is 80.6 cm³/mol. The van der Waals surface area contributed by atoms with E-state index in [0.717, 1.165) is 34.5 Å². The standard InChI is InChI=1S/C17H18N2O/c1-3-12-5-7-13(8-6-12)17(18)16-10-14-15(20-16)9-4-11(2)19-14/h4-10,17H,3,18H2,1-2H3. The summed E-state index contributed by atoms with van der Waals surface area (Å²) in [5, 5.41) is 0. The summed E-state index contributed by atoms with van der Waals surface area (Å²) in [5.74, 6) is 0.752. The molecule has 2 N–H and O–H groups in total. The first-order valence-corrected chi connectivity index (χ1v) is 6.89. The molecule has 3 rings (SSSR count). The SMILES string of the molecule is CCc1ccc(C(N)c2cc3nc(C)ccc3o2)cc1. The molecule has 1 atom stereocenters. The van der Waals surface area contributed by atoms with E-state index < -0.39 is 0 Å². The van der Waals surface area contributed by atoms with Gasteiger partial charge in [-0.25, -0.2) is 4.98 Å². The van der Waals surface area contributed by atoms with E-state index in [2.05, 4.69) is 36.2 Å². The van der Waals surface area contributed by atoms with E-state index in [9.17, 15) is 0 Å². The van der Waals surface area contributed by atoms with Gasteiger partial charge >= 0.3 is 0 Å².